The van der Waals surface area contributed by atoms with Gasteiger partial charge in [-0.2, -0.15) is 0 Å². The van der Waals surface area contributed by atoms with E-state index in [9.17, 15) is 14.9 Å². The average Bonchev–Trinajstić information content (AvgIpc) is 2.16. The molecule has 74 valence electrons. The molecule has 0 aliphatic carbocycles. The Bertz CT molecular complexity index is 393. The Morgan fingerprint density at radius 3 is 2.64 bits per heavy atom. The summed E-state index contributed by atoms with van der Waals surface area (Å²) < 4.78 is 0. The lowest BCUT2D eigenvalue weighted by Gasteiger charge is -2.01. The van der Waals surface area contributed by atoms with Gasteiger partial charge in [-0.3, -0.25) is 25.6 Å². The maximum atomic E-state index is 10.7. The summed E-state index contributed by atoms with van der Waals surface area (Å²) in [5.74, 6) is 0. The molecule has 0 atom stereocenters. The molecule has 0 aliphatic rings. The van der Waals surface area contributed by atoms with Crippen LogP contribution in [0.1, 0.15) is 10.4 Å². The summed E-state index contributed by atoms with van der Waals surface area (Å²) in [4.78, 5) is 20.4. The largest absolute Gasteiger partial charge is 0.295 e. The van der Waals surface area contributed by atoms with Crippen molar-refractivity contribution in [1.82, 2.24) is 0 Å². The van der Waals surface area contributed by atoms with E-state index in [-0.39, 0.29) is 11.3 Å². The van der Waals surface area contributed by atoms with Gasteiger partial charge in [0.05, 0.1) is 4.92 Å². The molecule has 1 aromatic carbocycles. The number of carbonyl (C=O) groups is 1. The predicted octanol–water partition coefficient (Wildman–Crippen LogP) is 1.77. The first-order chi connectivity index (χ1) is 6.56. The Morgan fingerprint density at radius 1 is 1.57 bits per heavy atom. The first-order valence-electron chi connectivity index (χ1n) is 3.44. The summed E-state index contributed by atoms with van der Waals surface area (Å²) in [6.07, 6.45) is 0. The van der Waals surface area contributed by atoms with Crippen LogP contribution in [0.3, 0.4) is 0 Å². The minimum Gasteiger partial charge on any atom is -0.291 e. The second-order valence-corrected chi connectivity index (χ2v) is 2.72. The number of benzene rings is 1. The molecule has 0 fully saturated rings. The maximum Gasteiger partial charge on any atom is 0.295 e. The van der Waals surface area contributed by atoms with Crippen molar-refractivity contribution in [2.75, 3.05) is 5.48 Å². The Labute approximate surface area is 83.2 Å². The molecule has 0 aromatic heterocycles. The molecule has 0 amide bonds. The molecule has 6 nitrogen and oxygen atoms in total. The number of carbonyl (C=O) groups excluding carboxylic acids is 1. The van der Waals surface area contributed by atoms with Crippen molar-refractivity contribution >= 4 is 28.2 Å². The molecule has 0 radical (unpaired) electrons. The zero-order valence-electron chi connectivity index (χ0n) is 6.73. The molecule has 0 unspecified atom stereocenters. The normalized spacial score (nSPS) is 9.57. The fourth-order valence-corrected chi connectivity index (χ4v) is 1.02. The predicted molar refractivity (Wildman–Crippen MR) is 48.7 cm³/mol. The van der Waals surface area contributed by atoms with Crippen molar-refractivity contribution in [3.63, 3.8) is 0 Å². The molecular weight excluding hydrogens is 212 g/mol. The summed E-state index contributed by atoms with van der Waals surface area (Å²) >= 11 is 5.13. The third-order valence-electron chi connectivity index (χ3n) is 1.54. The van der Waals surface area contributed by atoms with Gasteiger partial charge in [0.2, 0.25) is 0 Å². The van der Waals surface area contributed by atoms with E-state index < -0.39 is 15.9 Å². The van der Waals surface area contributed by atoms with Gasteiger partial charge in [-0.1, -0.05) is 0 Å². The summed E-state index contributed by atoms with van der Waals surface area (Å²) in [7, 11) is 0. The van der Waals surface area contributed by atoms with E-state index in [0.717, 1.165) is 6.07 Å². The Balaban J connectivity index is 3.27. The minimum absolute atomic E-state index is 0.00244. The van der Waals surface area contributed by atoms with Crippen LogP contribution in [-0.4, -0.2) is 15.4 Å². The molecule has 2 N–H and O–H groups in total. The molecule has 0 saturated carbocycles. The Hall–Kier alpha value is -1.66. The van der Waals surface area contributed by atoms with Crippen molar-refractivity contribution in [1.29, 1.82) is 0 Å². The Kier molecular flexibility index (Phi) is 3.00. The van der Waals surface area contributed by atoms with E-state index in [2.05, 4.69) is 0 Å². The second-order valence-electron chi connectivity index (χ2n) is 2.37. The number of anilines is 1. The van der Waals surface area contributed by atoms with Crippen LogP contribution in [-0.2, 0) is 0 Å². The number of halogens is 1. The number of hydrogen-bond acceptors (Lipinski definition) is 5. The van der Waals surface area contributed by atoms with Gasteiger partial charge in [-0.15, -0.1) is 0 Å². The van der Waals surface area contributed by atoms with Crippen LogP contribution < -0.4 is 5.48 Å². The fraction of sp³-hybridized carbons (Fsp3) is 0. The van der Waals surface area contributed by atoms with Crippen LogP contribution in [0.4, 0.5) is 11.4 Å². The van der Waals surface area contributed by atoms with Crippen molar-refractivity contribution in [2.24, 2.45) is 0 Å². The lowest BCUT2D eigenvalue weighted by atomic mass is 10.2. The average molecular weight is 217 g/mol. The van der Waals surface area contributed by atoms with Gasteiger partial charge in [0.15, 0.2) is 0 Å². The highest BCUT2D eigenvalue weighted by atomic mass is 35.5. The van der Waals surface area contributed by atoms with Gasteiger partial charge in [-0.05, 0) is 23.7 Å². The van der Waals surface area contributed by atoms with E-state index >= 15 is 0 Å². The van der Waals surface area contributed by atoms with Crippen LogP contribution in [0, 0.1) is 10.1 Å². The molecule has 0 aliphatic heterocycles. The summed E-state index contributed by atoms with van der Waals surface area (Å²) in [5, 5.41) is 18.2. The molecule has 0 saturated heterocycles. The summed E-state index contributed by atoms with van der Waals surface area (Å²) in [6.45, 7) is 0. The fourth-order valence-electron chi connectivity index (χ4n) is 0.900. The van der Waals surface area contributed by atoms with Gasteiger partial charge in [0, 0.05) is 11.6 Å². The monoisotopic (exact) mass is 216 g/mol. The summed E-state index contributed by atoms with van der Waals surface area (Å²) in [6, 6.07) is 3.43. The number of nitrogens with one attached hydrogen (secondary N) is 1. The lowest BCUT2D eigenvalue weighted by molar-refractivity contribution is -0.384. The minimum atomic E-state index is -0.794. The second kappa shape index (κ2) is 4.03. The molecule has 0 spiro atoms. The number of rotatable bonds is 3. The van der Waals surface area contributed by atoms with E-state index in [1.54, 1.807) is 5.48 Å². The number of nitrogens with zero attached hydrogens (tertiary/aromatic N) is 1. The van der Waals surface area contributed by atoms with Crippen molar-refractivity contribution in [3.05, 3.63) is 33.9 Å². The third kappa shape index (κ3) is 1.98. The SMILES string of the molecule is O=C(Cl)c1ccc(NO)c([N+](=O)[O-])c1. The molecule has 0 heterocycles. The molecule has 14 heavy (non-hydrogen) atoms. The quantitative estimate of drug-likeness (QED) is 0.456. The molecule has 0 bridgehead atoms. The maximum absolute atomic E-state index is 10.7. The van der Waals surface area contributed by atoms with Gasteiger partial charge < -0.3 is 0 Å². The highest BCUT2D eigenvalue weighted by Gasteiger charge is 2.15. The highest BCUT2D eigenvalue weighted by molar-refractivity contribution is 6.67. The van der Waals surface area contributed by atoms with Crippen LogP contribution in [0.2, 0.25) is 0 Å². The Morgan fingerprint density at radius 2 is 2.21 bits per heavy atom. The van der Waals surface area contributed by atoms with E-state index in [1.165, 1.54) is 12.1 Å². The lowest BCUT2D eigenvalue weighted by Crippen LogP contribution is -1.99. The molecule has 7 heteroatoms. The van der Waals surface area contributed by atoms with Crippen LogP contribution in [0.15, 0.2) is 18.2 Å². The zero-order chi connectivity index (χ0) is 10.7. The van der Waals surface area contributed by atoms with E-state index in [1.807, 2.05) is 0 Å². The summed E-state index contributed by atoms with van der Waals surface area (Å²) in [5.41, 5.74) is 1.13. The number of hydrogen-bond donors (Lipinski definition) is 2. The number of nitro groups is 1. The zero-order valence-corrected chi connectivity index (χ0v) is 7.49. The smallest absolute Gasteiger partial charge is 0.291 e. The molecule has 1 rings (SSSR count). The van der Waals surface area contributed by atoms with Crippen molar-refractivity contribution < 1.29 is 14.9 Å². The topological polar surface area (TPSA) is 92.5 Å². The van der Waals surface area contributed by atoms with Crippen molar-refractivity contribution in [3.8, 4) is 0 Å². The van der Waals surface area contributed by atoms with Gasteiger partial charge in [-0.25, -0.2) is 0 Å². The van der Waals surface area contributed by atoms with Crippen LogP contribution in [0.5, 0.6) is 0 Å². The van der Waals surface area contributed by atoms with Crippen LogP contribution >= 0.6 is 11.6 Å². The first kappa shape index (κ1) is 10.4. The van der Waals surface area contributed by atoms with Crippen molar-refractivity contribution in [2.45, 2.75) is 0 Å². The molecular formula is C7H5ClN2O4. The van der Waals surface area contributed by atoms with Gasteiger partial charge in [0.25, 0.3) is 10.9 Å². The van der Waals surface area contributed by atoms with Gasteiger partial charge >= 0.3 is 0 Å². The number of nitro benzene ring substituents is 1. The van der Waals surface area contributed by atoms with Gasteiger partial charge in [0.1, 0.15) is 5.69 Å². The van der Waals surface area contributed by atoms with Crippen LogP contribution in [0.25, 0.3) is 0 Å². The standard InChI is InChI=1S/C7H5ClN2O4/c8-7(11)4-1-2-5(9-12)6(3-4)10(13)14/h1-3,9,12H. The van der Waals surface area contributed by atoms with E-state index in [4.69, 9.17) is 16.8 Å². The van der Waals surface area contributed by atoms with E-state index in [0.29, 0.717) is 0 Å². The first-order valence-corrected chi connectivity index (χ1v) is 3.82. The highest BCUT2D eigenvalue weighted by Crippen LogP contribution is 2.25. The third-order valence-corrected chi connectivity index (χ3v) is 1.76. The molecule has 1 aromatic rings.